The zero-order valence-corrected chi connectivity index (χ0v) is 16.2. The van der Waals surface area contributed by atoms with Crippen molar-refractivity contribution in [3.05, 3.63) is 54.1 Å². The van der Waals surface area contributed by atoms with Crippen molar-refractivity contribution >= 4 is 27.1 Å². The molecule has 144 valence electrons. The number of methoxy groups -OCH3 is 1. The van der Waals surface area contributed by atoms with Crippen molar-refractivity contribution in [1.29, 1.82) is 0 Å². The molecule has 0 saturated carbocycles. The summed E-state index contributed by atoms with van der Waals surface area (Å²) in [7, 11) is -1.97. The standard InChI is InChI=1S/C18H19N3O.CH4O3S/c1-22-15-8-9-17-16(12-15)19-18-20(10-5-11-21(17)18)13-14-6-3-2-4-7-14;1-5(2,3)4/h2-4,6-9,12H,5,10-11,13H2,1H3;1H3,(H,2,3,4). The van der Waals surface area contributed by atoms with Crippen molar-refractivity contribution < 1.29 is 17.7 Å². The molecule has 0 atom stereocenters. The highest BCUT2D eigenvalue weighted by molar-refractivity contribution is 7.85. The maximum atomic E-state index is 9.19. The van der Waals surface area contributed by atoms with Crippen LogP contribution in [0.1, 0.15) is 12.0 Å². The number of fused-ring (bicyclic) bond motifs is 3. The third-order valence-corrected chi connectivity index (χ3v) is 4.24. The van der Waals surface area contributed by atoms with Crippen LogP contribution in [0.15, 0.2) is 48.5 Å². The maximum Gasteiger partial charge on any atom is 0.261 e. The van der Waals surface area contributed by atoms with Crippen molar-refractivity contribution in [3.63, 3.8) is 0 Å². The fourth-order valence-electron chi connectivity index (χ4n) is 3.16. The Hall–Kier alpha value is -2.58. The molecule has 0 amide bonds. The van der Waals surface area contributed by atoms with Gasteiger partial charge in [-0.05, 0) is 24.1 Å². The molecule has 0 aliphatic carbocycles. The molecule has 0 unspecified atom stereocenters. The van der Waals surface area contributed by atoms with Crippen LogP contribution in [0.5, 0.6) is 5.75 Å². The summed E-state index contributed by atoms with van der Waals surface area (Å²) in [5.74, 6) is 1.93. The second-order valence-corrected chi connectivity index (χ2v) is 7.88. The minimum Gasteiger partial charge on any atom is -0.497 e. The van der Waals surface area contributed by atoms with Crippen molar-refractivity contribution in [2.24, 2.45) is 0 Å². The summed E-state index contributed by atoms with van der Waals surface area (Å²) >= 11 is 0. The number of hydrogen-bond donors (Lipinski definition) is 1. The molecule has 1 N–H and O–H groups in total. The van der Waals surface area contributed by atoms with E-state index in [9.17, 15) is 8.42 Å². The van der Waals surface area contributed by atoms with Gasteiger partial charge in [0.05, 0.1) is 24.4 Å². The number of anilines is 1. The second kappa shape index (κ2) is 7.98. The summed E-state index contributed by atoms with van der Waals surface area (Å²) in [4.78, 5) is 7.21. The molecule has 1 aromatic heterocycles. The molecule has 0 fully saturated rings. The summed E-state index contributed by atoms with van der Waals surface area (Å²) in [6, 6.07) is 16.7. The molecule has 0 spiro atoms. The molecule has 7 nitrogen and oxygen atoms in total. The second-order valence-electron chi connectivity index (χ2n) is 6.41. The van der Waals surface area contributed by atoms with Gasteiger partial charge in [-0.1, -0.05) is 30.3 Å². The predicted octanol–water partition coefficient (Wildman–Crippen LogP) is 2.96. The molecule has 8 heteroatoms. The maximum absolute atomic E-state index is 9.19. The van der Waals surface area contributed by atoms with Crippen molar-refractivity contribution in [3.8, 4) is 5.75 Å². The van der Waals surface area contributed by atoms with Crippen LogP contribution in [-0.2, 0) is 23.2 Å². The molecule has 27 heavy (non-hydrogen) atoms. The van der Waals surface area contributed by atoms with Crippen LogP contribution < -0.4 is 9.64 Å². The van der Waals surface area contributed by atoms with Crippen LogP contribution in [0.4, 0.5) is 5.95 Å². The Morgan fingerprint density at radius 2 is 1.85 bits per heavy atom. The lowest BCUT2D eigenvalue weighted by Crippen LogP contribution is -2.31. The Kier molecular flexibility index (Phi) is 5.67. The van der Waals surface area contributed by atoms with E-state index in [2.05, 4.69) is 45.9 Å². The molecule has 2 heterocycles. The Labute approximate surface area is 159 Å². The lowest BCUT2D eigenvalue weighted by molar-refractivity contribution is 0.415. The van der Waals surface area contributed by atoms with E-state index in [1.807, 2.05) is 12.1 Å². The first-order chi connectivity index (χ1) is 12.8. The first kappa shape index (κ1) is 19.2. The minimum atomic E-state index is -3.67. The highest BCUT2D eigenvalue weighted by atomic mass is 32.2. The lowest BCUT2D eigenvalue weighted by Gasteiger charge is -2.29. The van der Waals surface area contributed by atoms with Crippen molar-refractivity contribution in [2.45, 2.75) is 19.5 Å². The van der Waals surface area contributed by atoms with E-state index in [4.69, 9.17) is 14.3 Å². The van der Waals surface area contributed by atoms with Crippen LogP contribution in [0, 0.1) is 0 Å². The van der Waals surface area contributed by atoms with Crippen molar-refractivity contribution in [1.82, 2.24) is 9.55 Å². The summed E-state index contributed by atoms with van der Waals surface area (Å²) < 4.78 is 33.5. The van der Waals surface area contributed by atoms with Gasteiger partial charge in [0.15, 0.2) is 0 Å². The Balaban J connectivity index is 0.000000376. The van der Waals surface area contributed by atoms with E-state index < -0.39 is 10.1 Å². The fourth-order valence-corrected chi connectivity index (χ4v) is 3.16. The molecule has 2 aromatic carbocycles. The minimum absolute atomic E-state index is 0.715. The van der Waals surface area contributed by atoms with E-state index in [0.717, 1.165) is 43.3 Å². The Morgan fingerprint density at radius 1 is 1.15 bits per heavy atom. The molecule has 3 aromatic rings. The van der Waals surface area contributed by atoms with E-state index in [-0.39, 0.29) is 0 Å². The molecule has 0 saturated heterocycles. The summed E-state index contributed by atoms with van der Waals surface area (Å²) in [6.45, 7) is 2.99. The zero-order chi connectivity index (χ0) is 19.4. The van der Waals surface area contributed by atoms with Gasteiger partial charge in [-0.2, -0.15) is 8.42 Å². The average Bonchev–Trinajstić information content (AvgIpc) is 3.00. The number of benzene rings is 2. The number of ether oxygens (including phenoxy) is 1. The van der Waals surface area contributed by atoms with Crippen molar-refractivity contribution in [2.75, 3.05) is 24.8 Å². The number of imidazole rings is 1. The van der Waals surface area contributed by atoms with E-state index in [1.165, 1.54) is 11.1 Å². The van der Waals surface area contributed by atoms with Gasteiger partial charge in [-0.15, -0.1) is 0 Å². The van der Waals surface area contributed by atoms with Gasteiger partial charge in [0.2, 0.25) is 5.95 Å². The van der Waals surface area contributed by atoms with E-state index in [1.54, 1.807) is 7.11 Å². The summed E-state index contributed by atoms with van der Waals surface area (Å²) in [6.07, 6.45) is 1.87. The van der Waals surface area contributed by atoms with Crippen LogP contribution in [0.3, 0.4) is 0 Å². The first-order valence-corrected chi connectivity index (χ1v) is 10.5. The summed E-state index contributed by atoms with van der Waals surface area (Å²) in [5.41, 5.74) is 3.52. The SMILES string of the molecule is COc1ccc2c(c1)nc1n2CCCN1Cc1ccccc1.CS(=O)(=O)O. The lowest BCUT2D eigenvalue weighted by atomic mass is 10.2. The Bertz CT molecular complexity index is 1010. The third kappa shape index (κ3) is 4.99. The largest absolute Gasteiger partial charge is 0.497 e. The van der Waals surface area contributed by atoms with Gasteiger partial charge in [-0.3, -0.25) is 4.55 Å². The quantitative estimate of drug-likeness (QED) is 0.694. The van der Waals surface area contributed by atoms with Crippen LogP contribution in [-0.4, -0.2) is 42.4 Å². The molecule has 1 aliphatic rings. The molecule has 4 rings (SSSR count). The monoisotopic (exact) mass is 389 g/mol. The number of rotatable bonds is 3. The van der Waals surface area contributed by atoms with Gasteiger partial charge in [0.25, 0.3) is 10.1 Å². The highest BCUT2D eigenvalue weighted by Crippen LogP contribution is 2.29. The fraction of sp³-hybridized carbons (Fsp3) is 0.316. The molecule has 0 bridgehead atoms. The zero-order valence-electron chi connectivity index (χ0n) is 15.4. The Morgan fingerprint density at radius 3 is 2.52 bits per heavy atom. The smallest absolute Gasteiger partial charge is 0.261 e. The van der Waals surface area contributed by atoms with Gasteiger partial charge in [-0.25, -0.2) is 4.98 Å². The number of aromatic nitrogens is 2. The number of nitrogens with zero attached hydrogens (tertiary/aromatic N) is 3. The predicted molar refractivity (Wildman–Crippen MR) is 106 cm³/mol. The van der Waals surface area contributed by atoms with Crippen LogP contribution in [0.25, 0.3) is 11.0 Å². The van der Waals surface area contributed by atoms with Crippen LogP contribution in [0.2, 0.25) is 0 Å². The third-order valence-electron chi connectivity index (χ3n) is 4.24. The van der Waals surface area contributed by atoms with Gasteiger partial charge >= 0.3 is 0 Å². The average molecular weight is 389 g/mol. The highest BCUT2D eigenvalue weighted by Gasteiger charge is 2.21. The van der Waals surface area contributed by atoms with Crippen LogP contribution >= 0.6 is 0 Å². The summed E-state index contributed by atoms with van der Waals surface area (Å²) in [5, 5.41) is 0. The molecular weight excluding hydrogens is 366 g/mol. The molecule has 0 radical (unpaired) electrons. The number of hydrogen-bond acceptors (Lipinski definition) is 5. The topological polar surface area (TPSA) is 84.7 Å². The molecular formula is C19H23N3O4S. The van der Waals surface area contributed by atoms with E-state index in [0.29, 0.717) is 6.26 Å². The van der Waals surface area contributed by atoms with E-state index >= 15 is 0 Å². The molecule has 1 aliphatic heterocycles. The van der Waals surface area contributed by atoms with Gasteiger partial charge in [0, 0.05) is 25.7 Å². The van der Waals surface area contributed by atoms with Gasteiger partial charge in [0.1, 0.15) is 5.75 Å². The van der Waals surface area contributed by atoms with Gasteiger partial charge < -0.3 is 14.2 Å². The number of aryl methyl sites for hydroxylation is 1. The first-order valence-electron chi connectivity index (χ1n) is 8.61. The normalized spacial score (nSPS) is 13.7.